The second-order valence-corrected chi connectivity index (χ2v) is 5.99. The van der Waals surface area contributed by atoms with E-state index >= 15 is 0 Å². The van der Waals surface area contributed by atoms with Crippen LogP contribution in [0, 0.1) is 17.0 Å². The topological polar surface area (TPSA) is 104 Å². The van der Waals surface area contributed by atoms with Gasteiger partial charge in [-0.1, -0.05) is 17.7 Å². The Kier molecular flexibility index (Phi) is 4.05. The Labute approximate surface area is 121 Å². The molecule has 0 fully saturated rings. The molecule has 0 amide bonds. The van der Waals surface area contributed by atoms with Crippen molar-refractivity contribution in [3.05, 3.63) is 52.0 Å². The van der Waals surface area contributed by atoms with Crippen LogP contribution in [0.1, 0.15) is 11.4 Å². The lowest BCUT2D eigenvalue weighted by atomic mass is 10.2. The quantitative estimate of drug-likeness (QED) is 0.471. The fourth-order valence-corrected chi connectivity index (χ4v) is 2.51. The van der Waals surface area contributed by atoms with Crippen molar-refractivity contribution in [1.29, 1.82) is 0 Å². The van der Waals surface area contributed by atoms with Crippen LogP contribution in [0.3, 0.4) is 0 Å². The van der Waals surface area contributed by atoms with E-state index in [1.54, 1.807) is 12.1 Å². The van der Waals surface area contributed by atoms with Crippen LogP contribution < -0.4 is 0 Å². The number of nitrogens with zero attached hydrogens (tertiary/aromatic N) is 3. The fraction of sp³-hybridized carbons (Fsp3) is 0.250. The molecule has 1 heterocycles. The Bertz CT molecular complexity index is 765. The van der Waals surface area contributed by atoms with E-state index in [9.17, 15) is 18.5 Å². The summed E-state index contributed by atoms with van der Waals surface area (Å²) < 4.78 is 30.0. The van der Waals surface area contributed by atoms with Gasteiger partial charge in [-0.2, -0.15) is 8.42 Å². The molecule has 0 unspecified atom stereocenters. The third-order valence-electron chi connectivity index (χ3n) is 2.90. The minimum absolute atomic E-state index is 0.0248. The Hall–Kier alpha value is -2.26. The maximum Gasteiger partial charge on any atom is 0.342 e. The monoisotopic (exact) mass is 311 g/mol. The van der Waals surface area contributed by atoms with Gasteiger partial charge in [0.25, 0.3) is 10.1 Å². The molecule has 1 aromatic heterocycles. The SMILES string of the molecule is Cc1ccc(S(=O)(=O)OCc2ncc([N+](=O)[O-])n2C)cc1. The Balaban J connectivity index is 2.15. The third kappa shape index (κ3) is 3.26. The Morgan fingerprint density at radius 3 is 2.48 bits per heavy atom. The number of benzene rings is 1. The van der Waals surface area contributed by atoms with Crippen molar-refractivity contribution in [3.8, 4) is 0 Å². The summed E-state index contributed by atoms with van der Waals surface area (Å²) in [6.07, 6.45) is 1.05. The highest BCUT2D eigenvalue weighted by Crippen LogP contribution is 2.17. The molecule has 0 aliphatic carbocycles. The first-order valence-electron chi connectivity index (χ1n) is 5.92. The zero-order valence-electron chi connectivity index (χ0n) is 11.4. The molecule has 1 aromatic carbocycles. The molecule has 9 heteroatoms. The standard InChI is InChI=1S/C12H13N3O5S/c1-9-3-5-10(6-4-9)21(18,19)20-8-11-13-7-12(14(11)2)15(16)17/h3-7H,8H2,1-2H3. The number of aromatic nitrogens is 2. The number of nitro groups is 1. The summed E-state index contributed by atoms with van der Waals surface area (Å²) >= 11 is 0. The molecule has 0 aliphatic rings. The third-order valence-corrected chi connectivity index (χ3v) is 4.18. The van der Waals surface area contributed by atoms with E-state index < -0.39 is 15.0 Å². The minimum atomic E-state index is -3.93. The van der Waals surface area contributed by atoms with Gasteiger partial charge < -0.3 is 10.1 Å². The zero-order valence-corrected chi connectivity index (χ0v) is 12.2. The fourth-order valence-electron chi connectivity index (χ4n) is 1.64. The summed E-state index contributed by atoms with van der Waals surface area (Å²) in [5.74, 6) is -0.0845. The number of hydrogen-bond acceptors (Lipinski definition) is 6. The second-order valence-electron chi connectivity index (χ2n) is 4.38. The van der Waals surface area contributed by atoms with Gasteiger partial charge in [-0.15, -0.1) is 0 Å². The van der Waals surface area contributed by atoms with Crippen molar-refractivity contribution >= 4 is 15.9 Å². The molecule has 0 saturated heterocycles. The lowest BCUT2D eigenvalue weighted by Gasteiger charge is -2.04. The van der Waals surface area contributed by atoms with Gasteiger partial charge in [0.05, 0.1) is 11.9 Å². The van der Waals surface area contributed by atoms with Crippen LogP contribution in [-0.2, 0) is 28.0 Å². The molecule has 0 aliphatic heterocycles. The summed E-state index contributed by atoms with van der Waals surface area (Å²) in [7, 11) is -2.51. The summed E-state index contributed by atoms with van der Waals surface area (Å²) in [4.78, 5) is 13.9. The van der Waals surface area contributed by atoms with Crippen molar-refractivity contribution in [2.75, 3.05) is 0 Å². The summed E-state index contributed by atoms with van der Waals surface area (Å²) in [6, 6.07) is 6.18. The van der Waals surface area contributed by atoms with Crippen molar-refractivity contribution < 1.29 is 17.5 Å². The molecular weight excluding hydrogens is 298 g/mol. The molecule has 21 heavy (non-hydrogen) atoms. The predicted octanol–water partition coefficient (Wildman–Crippen LogP) is 1.54. The zero-order chi connectivity index (χ0) is 15.6. The van der Waals surface area contributed by atoms with Crippen LogP contribution in [0.25, 0.3) is 0 Å². The van der Waals surface area contributed by atoms with Gasteiger partial charge in [-0.3, -0.25) is 4.18 Å². The van der Waals surface area contributed by atoms with E-state index in [-0.39, 0.29) is 23.1 Å². The Morgan fingerprint density at radius 1 is 1.33 bits per heavy atom. The molecule has 2 aromatic rings. The van der Waals surface area contributed by atoms with Crippen molar-refractivity contribution in [1.82, 2.24) is 9.55 Å². The van der Waals surface area contributed by atoms with Crippen LogP contribution >= 0.6 is 0 Å². The maximum atomic E-state index is 12.0. The molecular formula is C12H13N3O5S. The minimum Gasteiger partial charge on any atom is -0.358 e. The molecule has 0 atom stereocenters. The second kappa shape index (κ2) is 5.62. The van der Waals surface area contributed by atoms with Crippen molar-refractivity contribution in [2.24, 2.45) is 7.05 Å². The van der Waals surface area contributed by atoms with Crippen LogP contribution in [0.5, 0.6) is 0 Å². The van der Waals surface area contributed by atoms with Crippen molar-refractivity contribution in [2.45, 2.75) is 18.4 Å². The van der Waals surface area contributed by atoms with E-state index in [2.05, 4.69) is 4.98 Å². The van der Waals surface area contributed by atoms with Crippen LogP contribution in [0.2, 0.25) is 0 Å². The lowest BCUT2D eigenvalue weighted by Crippen LogP contribution is -2.10. The number of imidazole rings is 1. The highest BCUT2D eigenvalue weighted by atomic mass is 32.2. The van der Waals surface area contributed by atoms with E-state index in [4.69, 9.17) is 4.18 Å². The summed E-state index contributed by atoms with van der Waals surface area (Å²) in [5.41, 5.74) is 0.925. The Morgan fingerprint density at radius 2 is 1.95 bits per heavy atom. The van der Waals surface area contributed by atoms with Gasteiger partial charge in [0.15, 0.2) is 0 Å². The average molecular weight is 311 g/mol. The smallest absolute Gasteiger partial charge is 0.342 e. The lowest BCUT2D eigenvalue weighted by molar-refractivity contribution is -0.391. The van der Waals surface area contributed by atoms with Gasteiger partial charge in [-0.25, -0.2) is 9.55 Å². The average Bonchev–Trinajstić information content (AvgIpc) is 2.78. The normalized spacial score (nSPS) is 11.5. The molecule has 112 valence electrons. The van der Waals surface area contributed by atoms with E-state index in [1.807, 2.05) is 6.92 Å². The van der Waals surface area contributed by atoms with Crippen LogP contribution in [0.15, 0.2) is 35.4 Å². The highest BCUT2D eigenvalue weighted by Gasteiger charge is 2.21. The van der Waals surface area contributed by atoms with E-state index in [0.29, 0.717) is 0 Å². The van der Waals surface area contributed by atoms with Gasteiger partial charge >= 0.3 is 5.82 Å². The number of aryl methyl sites for hydroxylation is 1. The molecule has 0 bridgehead atoms. The molecule has 8 nitrogen and oxygen atoms in total. The van der Waals surface area contributed by atoms with E-state index in [0.717, 1.165) is 11.8 Å². The van der Waals surface area contributed by atoms with E-state index in [1.165, 1.54) is 23.7 Å². The van der Waals surface area contributed by atoms with Gasteiger partial charge in [0.1, 0.15) is 12.8 Å². The van der Waals surface area contributed by atoms with Crippen LogP contribution in [-0.4, -0.2) is 22.9 Å². The van der Waals surface area contributed by atoms with Crippen LogP contribution in [0.4, 0.5) is 5.82 Å². The first kappa shape index (κ1) is 15.1. The summed E-state index contributed by atoms with van der Waals surface area (Å²) in [5, 5.41) is 10.7. The first-order valence-corrected chi connectivity index (χ1v) is 7.33. The molecule has 2 rings (SSSR count). The van der Waals surface area contributed by atoms with Gasteiger partial charge in [0.2, 0.25) is 5.82 Å². The summed E-state index contributed by atoms with van der Waals surface area (Å²) in [6.45, 7) is 1.46. The molecule has 0 N–H and O–H groups in total. The predicted molar refractivity (Wildman–Crippen MR) is 73.0 cm³/mol. The largest absolute Gasteiger partial charge is 0.358 e. The number of rotatable bonds is 5. The number of hydrogen-bond donors (Lipinski definition) is 0. The highest BCUT2D eigenvalue weighted by molar-refractivity contribution is 7.86. The molecule has 0 saturated carbocycles. The first-order chi connectivity index (χ1) is 9.81. The molecule has 0 radical (unpaired) electrons. The molecule has 0 spiro atoms. The van der Waals surface area contributed by atoms with Crippen molar-refractivity contribution in [3.63, 3.8) is 0 Å². The van der Waals surface area contributed by atoms with Gasteiger partial charge in [0, 0.05) is 0 Å². The maximum absolute atomic E-state index is 12.0. The van der Waals surface area contributed by atoms with Gasteiger partial charge in [-0.05, 0) is 24.0 Å².